The van der Waals surface area contributed by atoms with E-state index in [-0.39, 0.29) is 6.54 Å². The second kappa shape index (κ2) is 7.59. The van der Waals surface area contributed by atoms with Gasteiger partial charge in [-0.2, -0.15) is 22.5 Å². The molecule has 2 N–H and O–H groups in total. The quantitative estimate of drug-likeness (QED) is 0.611. The Hall–Kier alpha value is -0.960. The van der Waals surface area contributed by atoms with Crippen molar-refractivity contribution in [3.63, 3.8) is 0 Å². The Balaban J connectivity index is 2.40. The molecule has 0 unspecified atom stereocenters. The fraction of sp³-hybridized carbons (Fsp3) is 0.727. The largest absolute Gasteiger partial charge is 0.317 e. The molecule has 0 aliphatic rings. The van der Waals surface area contributed by atoms with Gasteiger partial charge in [0.15, 0.2) is 0 Å². The average molecular weight is 289 g/mol. The standard InChI is InChI=1S/C11H23N5O2S/c1-4-12-7-5-9-15(2)19(17,18)14-10-11-6-8-13-16(11)3/h6,8,12,14H,4-5,7,9-10H2,1-3H3. The predicted molar refractivity (Wildman–Crippen MR) is 74.8 cm³/mol. The van der Waals surface area contributed by atoms with Crippen LogP contribution in [0.4, 0.5) is 0 Å². The Morgan fingerprint density at radius 2 is 2.21 bits per heavy atom. The van der Waals surface area contributed by atoms with E-state index in [0.717, 1.165) is 25.2 Å². The highest BCUT2D eigenvalue weighted by Crippen LogP contribution is 2.00. The molecule has 1 aromatic rings. The second-order valence-corrected chi connectivity index (χ2v) is 6.16. The summed E-state index contributed by atoms with van der Waals surface area (Å²) in [6.45, 7) is 4.48. The molecular formula is C11H23N5O2S. The zero-order valence-corrected chi connectivity index (χ0v) is 12.6. The fourth-order valence-corrected chi connectivity index (χ4v) is 2.49. The molecule has 8 heteroatoms. The molecule has 19 heavy (non-hydrogen) atoms. The summed E-state index contributed by atoms with van der Waals surface area (Å²) >= 11 is 0. The maximum Gasteiger partial charge on any atom is 0.279 e. The van der Waals surface area contributed by atoms with Gasteiger partial charge >= 0.3 is 0 Å². The summed E-state index contributed by atoms with van der Waals surface area (Å²) in [6, 6.07) is 1.79. The highest BCUT2D eigenvalue weighted by atomic mass is 32.2. The smallest absolute Gasteiger partial charge is 0.279 e. The fourth-order valence-electron chi connectivity index (χ4n) is 1.57. The van der Waals surface area contributed by atoms with Gasteiger partial charge in [-0.1, -0.05) is 6.92 Å². The summed E-state index contributed by atoms with van der Waals surface area (Å²) < 4.78 is 29.5. The highest BCUT2D eigenvalue weighted by molar-refractivity contribution is 7.87. The van der Waals surface area contributed by atoms with Gasteiger partial charge in [-0.05, 0) is 25.6 Å². The molecule has 1 aromatic heterocycles. The first-order valence-corrected chi connectivity index (χ1v) is 7.80. The van der Waals surface area contributed by atoms with Crippen LogP contribution in [0.5, 0.6) is 0 Å². The average Bonchev–Trinajstić information content (AvgIpc) is 2.77. The van der Waals surface area contributed by atoms with E-state index in [1.165, 1.54) is 4.31 Å². The van der Waals surface area contributed by atoms with Crippen LogP contribution in [0.3, 0.4) is 0 Å². The number of rotatable bonds is 9. The molecule has 0 radical (unpaired) electrons. The zero-order chi connectivity index (χ0) is 14.3. The van der Waals surface area contributed by atoms with Crippen LogP contribution in [0.25, 0.3) is 0 Å². The minimum atomic E-state index is -3.43. The van der Waals surface area contributed by atoms with Gasteiger partial charge in [0.2, 0.25) is 0 Å². The van der Waals surface area contributed by atoms with Crippen molar-refractivity contribution in [2.45, 2.75) is 19.9 Å². The van der Waals surface area contributed by atoms with Crippen molar-refractivity contribution in [1.82, 2.24) is 24.1 Å². The second-order valence-electron chi connectivity index (χ2n) is 4.30. The van der Waals surface area contributed by atoms with Gasteiger partial charge in [0.25, 0.3) is 10.2 Å². The molecule has 0 bridgehead atoms. The van der Waals surface area contributed by atoms with Gasteiger partial charge in [0.05, 0.1) is 12.2 Å². The number of aryl methyl sites for hydroxylation is 1. The molecule has 1 rings (SSSR count). The van der Waals surface area contributed by atoms with Crippen molar-refractivity contribution in [2.75, 3.05) is 26.7 Å². The van der Waals surface area contributed by atoms with E-state index in [9.17, 15) is 8.42 Å². The molecular weight excluding hydrogens is 266 g/mol. The Labute approximate surface area is 115 Å². The van der Waals surface area contributed by atoms with Crippen LogP contribution < -0.4 is 10.0 Å². The topological polar surface area (TPSA) is 79.3 Å². The first-order chi connectivity index (χ1) is 8.97. The molecule has 0 saturated carbocycles. The number of hydrogen-bond acceptors (Lipinski definition) is 4. The molecule has 0 aliphatic carbocycles. The van der Waals surface area contributed by atoms with Crippen molar-refractivity contribution in [3.05, 3.63) is 18.0 Å². The van der Waals surface area contributed by atoms with Crippen LogP contribution in [0, 0.1) is 0 Å². The lowest BCUT2D eigenvalue weighted by molar-refractivity contribution is 0.444. The first kappa shape index (κ1) is 16.1. The number of nitrogens with one attached hydrogen (secondary N) is 2. The van der Waals surface area contributed by atoms with E-state index in [0.29, 0.717) is 6.54 Å². The Morgan fingerprint density at radius 3 is 2.79 bits per heavy atom. The molecule has 0 atom stereocenters. The first-order valence-electron chi connectivity index (χ1n) is 6.36. The lowest BCUT2D eigenvalue weighted by Crippen LogP contribution is -2.39. The van der Waals surface area contributed by atoms with Crippen LogP contribution >= 0.6 is 0 Å². The maximum atomic E-state index is 12.0. The number of nitrogens with zero attached hydrogens (tertiary/aromatic N) is 3. The summed E-state index contributed by atoms with van der Waals surface area (Å²) in [6.07, 6.45) is 2.43. The van der Waals surface area contributed by atoms with Crippen molar-refractivity contribution in [1.29, 1.82) is 0 Å². The maximum absolute atomic E-state index is 12.0. The summed E-state index contributed by atoms with van der Waals surface area (Å²) in [7, 11) is -0.0635. The third-order valence-electron chi connectivity index (χ3n) is 2.85. The van der Waals surface area contributed by atoms with Crippen LogP contribution in [0.15, 0.2) is 12.3 Å². The Bertz CT molecular complexity index is 471. The predicted octanol–water partition coefficient (Wildman–Crippen LogP) is -0.314. The highest BCUT2D eigenvalue weighted by Gasteiger charge is 2.16. The summed E-state index contributed by atoms with van der Waals surface area (Å²) in [5.74, 6) is 0. The van der Waals surface area contributed by atoms with Crippen molar-refractivity contribution < 1.29 is 8.42 Å². The van der Waals surface area contributed by atoms with Gasteiger partial charge in [0.1, 0.15) is 0 Å². The zero-order valence-electron chi connectivity index (χ0n) is 11.8. The molecule has 0 spiro atoms. The van der Waals surface area contributed by atoms with E-state index in [1.54, 1.807) is 31.0 Å². The minimum Gasteiger partial charge on any atom is -0.317 e. The number of aromatic nitrogens is 2. The molecule has 0 aliphatic heterocycles. The van der Waals surface area contributed by atoms with Gasteiger partial charge in [-0.3, -0.25) is 4.68 Å². The van der Waals surface area contributed by atoms with Gasteiger partial charge in [0, 0.05) is 26.8 Å². The Morgan fingerprint density at radius 1 is 1.47 bits per heavy atom. The van der Waals surface area contributed by atoms with E-state index in [1.807, 2.05) is 6.92 Å². The summed E-state index contributed by atoms with van der Waals surface area (Å²) in [5.41, 5.74) is 0.824. The van der Waals surface area contributed by atoms with Crippen LogP contribution in [0.1, 0.15) is 19.0 Å². The summed E-state index contributed by atoms with van der Waals surface area (Å²) in [5, 5.41) is 7.16. The molecule has 7 nitrogen and oxygen atoms in total. The van der Waals surface area contributed by atoms with Gasteiger partial charge in [-0.15, -0.1) is 0 Å². The van der Waals surface area contributed by atoms with Crippen molar-refractivity contribution in [2.24, 2.45) is 7.05 Å². The van der Waals surface area contributed by atoms with Crippen molar-refractivity contribution >= 4 is 10.2 Å². The van der Waals surface area contributed by atoms with Crippen molar-refractivity contribution in [3.8, 4) is 0 Å². The normalized spacial score (nSPS) is 12.2. The molecule has 0 aromatic carbocycles. The third kappa shape index (κ3) is 5.27. The van der Waals surface area contributed by atoms with Crippen LogP contribution in [-0.2, 0) is 23.8 Å². The lowest BCUT2D eigenvalue weighted by atomic mass is 10.4. The molecule has 0 fully saturated rings. The van der Waals surface area contributed by atoms with Crippen LogP contribution in [-0.4, -0.2) is 49.2 Å². The monoisotopic (exact) mass is 289 g/mol. The van der Waals surface area contributed by atoms with Gasteiger partial charge in [-0.25, -0.2) is 0 Å². The minimum absolute atomic E-state index is 0.246. The SMILES string of the molecule is CCNCCCN(C)S(=O)(=O)NCc1ccnn1C. The summed E-state index contributed by atoms with van der Waals surface area (Å²) in [4.78, 5) is 0. The van der Waals surface area contributed by atoms with E-state index >= 15 is 0 Å². The lowest BCUT2D eigenvalue weighted by Gasteiger charge is -2.17. The number of hydrogen-bond donors (Lipinski definition) is 2. The van der Waals surface area contributed by atoms with Gasteiger partial charge < -0.3 is 5.32 Å². The van der Waals surface area contributed by atoms with E-state index in [2.05, 4.69) is 15.1 Å². The molecule has 0 saturated heterocycles. The van der Waals surface area contributed by atoms with E-state index < -0.39 is 10.2 Å². The molecule has 1 heterocycles. The molecule has 110 valence electrons. The van der Waals surface area contributed by atoms with Crippen LogP contribution in [0.2, 0.25) is 0 Å². The Kier molecular flexibility index (Phi) is 6.43. The molecule has 0 amide bonds. The third-order valence-corrected chi connectivity index (χ3v) is 4.36. The van der Waals surface area contributed by atoms with E-state index in [4.69, 9.17) is 0 Å².